The van der Waals surface area contributed by atoms with Crippen LogP contribution in [0.15, 0.2) is 54.7 Å². The average molecular weight is 366 g/mol. The molecule has 6 heteroatoms. The Kier molecular flexibility index (Phi) is 5.57. The molecule has 0 spiro atoms. The van der Waals surface area contributed by atoms with Crippen LogP contribution in [0.3, 0.4) is 0 Å². The lowest BCUT2D eigenvalue weighted by molar-refractivity contribution is -0.885. The van der Waals surface area contributed by atoms with Crippen molar-refractivity contribution >= 4 is 28.3 Å². The third-order valence-electron chi connectivity index (χ3n) is 4.80. The first-order chi connectivity index (χ1) is 13.0. The summed E-state index contributed by atoms with van der Waals surface area (Å²) in [4.78, 5) is 29.2. The molecule has 140 valence electrons. The van der Waals surface area contributed by atoms with E-state index in [2.05, 4.69) is 10.3 Å². The molecule has 6 nitrogen and oxygen atoms in total. The lowest BCUT2D eigenvalue weighted by Crippen LogP contribution is -3.14. The van der Waals surface area contributed by atoms with Crippen LogP contribution in [0.2, 0.25) is 0 Å². The number of hydrogen-bond donors (Lipinski definition) is 3. The molecule has 1 unspecified atom stereocenters. The molecule has 3 aromatic rings. The molecule has 1 aromatic heterocycles. The molecule has 0 aliphatic heterocycles. The van der Waals surface area contributed by atoms with Gasteiger partial charge in [0, 0.05) is 28.4 Å². The van der Waals surface area contributed by atoms with Gasteiger partial charge < -0.3 is 19.9 Å². The maximum atomic E-state index is 12.9. The van der Waals surface area contributed by atoms with Crippen LogP contribution in [0.5, 0.6) is 5.75 Å². The number of methoxy groups -OCH3 is 1. The van der Waals surface area contributed by atoms with Gasteiger partial charge in [-0.25, -0.2) is 0 Å². The fourth-order valence-electron chi connectivity index (χ4n) is 3.02. The smallest absolute Gasteiger partial charge is 0.279 e. The van der Waals surface area contributed by atoms with Crippen LogP contribution < -0.4 is 15.0 Å². The molecule has 2 atom stereocenters. The van der Waals surface area contributed by atoms with Gasteiger partial charge in [0.15, 0.2) is 6.54 Å². The molecule has 0 aliphatic carbocycles. The number of aromatic nitrogens is 1. The summed E-state index contributed by atoms with van der Waals surface area (Å²) >= 11 is 0. The van der Waals surface area contributed by atoms with Crippen LogP contribution >= 0.6 is 0 Å². The number of nitrogens with one attached hydrogen (secondary N) is 3. The second-order valence-corrected chi connectivity index (χ2v) is 6.63. The van der Waals surface area contributed by atoms with Crippen LogP contribution in [-0.2, 0) is 4.79 Å². The number of likely N-dealkylation sites (N-methyl/N-ethyl adjacent to an activating group) is 1. The Balaban J connectivity index is 1.63. The number of anilines is 1. The third-order valence-corrected chi connectivity index (χ3v) is 4.80. The number of amides is 1. The zero-order chi connectivity index (χ0) is 19.4. The van der Waals surface area contributed by atoms with Crippen molar-refractivity contribution in [2.45, 2.75) is 13.0 Å². The van der Waals surface area contributed by atoms with Gasteiger partial charge in [-0.1, -0.05) is 18.2 Å². The number of aromatic amines is 1. The Labute approximate surface area is 158 Å². The third kappa shape index (κ3) is 4.17. The number of carbonyl (C=O) groups is 2. The highest BCUT2D eigenvalue weighted by atomic mass is 16.5. The Bertz CT molecular complexity index is 947. The fraction of sp³-hybridized carbons (Fsp3) is 0.238. The molecule has 0 bridgehead atoms. The Morgan fingerprint density at radius 2 is 1.85 bits per heavy atom. The number of ketones is 1. The van der Waals surface area contributed by atoms with Crippen LogP contribution in [0, 0.1) is 0 Å². The lowest BCUT2D eigenvalue weighted by Gasteiger charge is -2.20. The molecule has 0 radical (unpaired) electrons. The van der Waals surface area contributed by atoms with Crippen molar-refractivity contribution in [3.63, 3.8) is 0 Å². The highest BCUT2D eigenvalue weighted by Crippen LogP contribution is 2.18. The van der Waals surface area contributed by atoms with E-state index in [9.17, 15) is 9.59 Å². The number of quaternary nitrogens is 1. The van der Waals surface area contributed by atoms with E-state index >= 15 is 0 Å². The second-order valence-electron chi connectivity index (χ2n) is 6.63. The minimum atomic E-state index is -0.342. The van der Waals surface area contributed by atoms with Crippen molar-refractivity contribution in [1.82, 2.24) is 4.98 Å². The summed E-state index contributed by atoms with van der Waals surface area (Å²) in [6.45, 7) is 2.04. The highest BCUT2D eigenvalue weighted by molar-refractivity contribution is 6.09. The van der Waals surface area contributed by atoms with Crippen molar-refractivity contribution < 1.29 is 19.2 Å². The molecule has 0 aliphatic rings. The van der Waals surface area contributed by atoms with Crippen LogP contribution in [0.1, 0.15) is 17.3 Å². The molecule has 2 aromatic carbocycles. The van der Waals surface area contributed by atoms with E-state index in [1.165, 1.54) is 0 Å². The van der Waals surface area contributed by atoms with Crippen LogP contribution in [0.4, 0.5) is 5.69 Å². The largest absolute Gasteiger partial charge is 0.497 e. The quantitative estimate of drug-likeness (QED) is 0.559. The predicted octanol–water partition coefficient (Wildman–Crippen LogP) is 1.90. The van der Waals surface area contributed by atoms with E-state index in [1.807, 2.05) is 38.2 Å². The Hall–Kier alpha value is -3.12. The van der Waals surface area contributed by atoms with E-state index in [1.54, 1.807) is 37.6 Å². The van der Waals surface area contributed by atoms with Gasteiger partial charge in [-0.3, -0.25) is 9.59 Å². The minimum absolute atomic E-state index is 0.0159. The van der Waals surface area contributed by atoms with Gasteiger partial charge in [-0.15, -0.1) is 0 Å². The van der Waals surface area contributed by atoms with Gasteiger partial charge in [-0.05, 0) is 37.3 Å². The van der Waals surface area contributed by atoms with Crippen molar-refractivity contribution in [3.05, 3.63) is 60.3 Å². The van der Waals surface area contributed by atoms with Gasteiger partial charge in [0.05, 0.1) is 14.2 Å². The topological polar surface area (TPSA) is 75.6 Å². The van der Waals surface area contributed by atoms with Gasteiger partial charge in [0.2, 0.25) is 5.78 Å². The highest BCUT2D eigenvalue weighted by Gasteiger charge is 2.26. The van der Waals surface area contributed by atoms with Gasteiger partial charge in [0.25, 0.3) is 5.91 Å². The number of para-hydroxylation sites is 1. The lowest BCUT2D eigenvalue weighted by atomic mass is 10.0. The summed E-state index contributed by atoms with van der Waals surface area (Å²) in [7, 11) is 3.45. The number of hydrogen-bond acceptors (Lipinski definition) is 3. The number of Topliss-reactive ketones (excluding diaryl/α,β-unsaturated/α-hetero) is 1. The van der Waals surface area contributed by atoms with E-state index in [0.717, 1.165) is 21.6 Å². The first-order valence-electron chi connectivity index (χ1n) is 8.86. The number of benzene rings is 2. The first-order valence-corrected chi connectivity index (χ1v) is 8.86. The number of ether oxygens (including phenoxy) is 1. The van der Waals surface area contributed by atoms with Gasteiger partial charge in [0.1, 0.15) is 11.8 Å². The van der Waals surface area contributed by atoms with Crippen molar-refractivity contribution in [3.8, 4) is 5.75 Å². The van der Waals surface area contributed by atoms with Crippen molar-refractivity contribution in [2.24, 2.45) is 0 Å². The number of rotatable bonds is 7. The standard InChI is InChI=1S/C21H23N3O3/c1-14(21(26)18-12-22-19-7-5-4-6-17(18)19)24(2)13-20(25)23-15-8-10-16(27-3)11-9-15/h4-12,14,22H,13H2,1-3H3,(H,23,25)/p+1/t14-/m0/s1. The zero-order valence-corrected chi connectivity index (χ0v) is 15.7. The molecule has 0 saturated carbocycles. The van der Waals surface area contributed by atoms with Crippen LogP contribution in [0.25, 0.3) is 10.9 Å². The fourth-order valence-corrected chi connectivity index (χ4v) is 3.02. The molecule has 1 heterocycles. The van der Waals surface area contributed by atoms with E-state index in [0.29, 0.717) is 11.3 Å². The molecule has 0 saturated heterocycles. The van der Waals surface area contributed by atoms with Crippen LogP contribution in [-0.4, -0.2) is 43.4 Å². The normalized spacial score (nSPS) is 13.1. The summed E-state index contributed by atoms with van der Waals surface area (Å²) in [5.74, 6) is 0.604. The van der Waals surface area contributed by atoms with Gasteiger partial charge >= 0.3 is 0 Å². The predicted molar refractivity (Wildman–Crippen MR) is 105 cm³/mol. The van der Waals surface area contributed by atoms with Crippen molar-refractivity contribution in [1.29, 1.82) is 0 Å². The Morgan fingerprint density at radius 3 is 2.56 bits per heavy atom. The number of fused-ring (bicyclic) bond motifs is 1. The van der Waals surface area contributed by atoms with E-state index < -0.39 is 0 Å². The first kappa shape index (κ1) is 18.7. The zero-order valence-electron chi connectivity index (χ0n) is 15.7. The molecule has 0 fully saturated rings. The molecule has 3 rings (SSSR count). The summed E-state index contributed by atoms with van der Waals surface area (Å²) in [6, 6.07) is 14.5. The second kappa shape index (κ2) is 8.05. The monoisotopic (exact) mass is 366 g/mol. The van der Waals surface area contributed by atoms with E-state index in [4.69, 9.17) is 4.74 Å². The molecule has 27 heavy (non-hydrogen) atoms. The molecule has 1 amide bonds. The maximum absolute atomic E-state index is 12.9. The average Bonchev–Trinajstić information content (AvgIpc) is 3.11. The summed E-state index contributed by atoms with van der Waals surface area (Å²) in [5, 5.41) is 3.76. The maximum Gasteiger partial charge on any atom is 0.279 e. The summed E-state index contributed by atoms with van der Waals surface area (Å²) in [6.07, 6.45) is 1.74. The molecular formula is C21H24N3O3+. The molecule has 3 N–H and O–H groups in total. The number of H-pyrrole nitrogens is 1. The minimum Gasteiger partial charge on any atom is -0.497 e. The molecular weight excluding hydrogens is 342 g/mol. The van der Waals surface area contributed by atoms with E-state index in [-0.39, 0.29) is 24.3 Å². The summed E-state index contributed by atoms with van der Waals surface area (Å²) < 4.78 is 5.11. The SMILES string of the molecule is COc1ccc(NC(=O)C[NH+](C)[C@@H](C)C(=O)c2c[nH]c3ccccc23)cc1. The number of carbonyl (C=O) groups excluding carboxylic acids is 2. The van der Waals surface area contributed by atoms with Gasteiger partial charge in [-0.2, -0.15) is 0 Å². The summed E-state index contributed by atoms with van der Waals surface area (Å²) in [5.41, 5.74) is 2.29. The van der Waals surface area contributed by atoms with Crippen molar-refractivity contribution in [2.75, 3.05) is 26.0 Å². The Morgan fingerprint density at radius 1 is 1.15 bits per heavy atom.